The van der Waals surface area contributed by atoms with Gasteiger partial charge in [0.05, 0.1) is 30.8 Å². The number of halogens is 1. The van der Waals surface area contributed by atoms with Crippen molar-refractivity contribution in [3.63, 3.8) is 0 Å². The molecule has 4 atom stereocenters. The normalized spacial score (nSPS) is 28.2. The van der Waals surface area contributed by atoms with Crippen LogP contribution in [0.25, 0.3) is 0 Å². The summed E-state index contributed by atoms with van der Waals surface area (Å²) < 4.78 is 21.5. The zero-order valence-electron chi connectivity index (χ0n) is 23.2. The summed E-state index contributed by atoms with van der Waals surface area (Å²) in [4.78, 5) is 29.3. The number of ether oxygens (including phenoxy) is 1. The molecule has 222 valence electrons. The fourth-order valence-electron chi connectivity index (χ4n) is 6.54. The monoisotopic (exact) mass is 582 g/mol. The topological polar surface area (TPSA) is 201 Å². The molecule has 0 aromatic heterocycles. The maximum Gasteiger partial charge on any atom is 0.347 e. The predicted molar refractivity (Wildman–Crippen MR) is 148 cm³/mol. The number of nitrogens with zero attached hydrogens (tertiary/aromatic N) is 1. The number of nitrogens with one attached hydrogen (secondary N) is 5. The molecule has 2 aromatic rings. The molecule has 2 amide bonds. The Labute approximate surface area is 240 Å². The molecule has 1 saturated heterocycles. The van der Waals surface area contributed by atoms with Crippen molar-refractivity contribution in [2.75, 3.05) is 19.7 Å². The fourth-order valence-corrected chi connectivity index (χ4v) is 6.54. The van der Waals surface area contributed by atoms with Crippen molar-refractivity contribution >= 4 is 23.7 Å². The van der Waals surface area contributed by atoms with Gasteiger partial charge in [0.25, 0.3) is 23.3 Å². The molecular weight excluding hydrogens is 547 g/mol. The Balaban J connectivity index is 1.27. The van der Waals surface area contributed by atoms with E-state index in [1.807, 2.05) is 6.07 Å². The highest BCUT2D eigenvalue weighted by Crippen LogP contribution is 2.41. The quantitative estimate of drug-likeness (QED) is 0.127. The van der Waals surface area contributed by atoms with Crippen molar-refractivity contribution in [2.24, 2.45) is 11.5 Å². The average Bonchev–Trinajstić information content (AvgIpc) is 3.41. The first-order chi connectivity index (χ1) is 19.9. The van der Waals surface area contributed by atoms with Crippen LogP contribution < -0.4 is 42.5 Å². The molecule has 1 fully saturated rings. The molecular formula is C28H35FN8O5+2. The van der Waals surface area contributed by atoms with Crippen molar-refractivity contribution in [1.82, 2.24) is 21.3 Å². The molecule has 0 saturated carbocycles. The van der Waals surface area contributed by atoms with Gasteiger partial charge in [-0.3, -0.25) is 31.4 Å². The molecule has 1 spiro atoms. The molecule has 2 aromatic carbocycles. The zero-order valence-corrected chi connectivity index (χ0v) is 23.2. The van der Waals surface area contributed by atoms with Crippen LogP contribution >= 0.6 is 0 Å². The van der Waals surface area contributed by atoms with Crippen molar-refractivity contribution in [1.29, 1.82) is 0 Å². The number of hydrogen-bond acceptors (Lipinski definition) is 9. The van der Waals surface area contributed by atoms with Crippen molar-refractivity contribution < 1.29 is 38.5 Å². The van der Waals surface area contributed by atoms with Crippen LogP contribution in [0.15, 0.2) is 42.5 Å². The molecule has 6 rings (SSSR count). The third kappa shape index (κ3) is 4.04. The number of para-hydroxylation sites is 1. The van der Waals surface area contributed by atoms with Gasteiger partial charge in [-0.15, -0.1) is 0 Å². The molecule has 4 heterocycles. The van der Waals surface area contributed by atoms with Crippen molar-refractivity contribution in [2.45, 2.75) is 55.3 Å². The fraction of sp³-hybridized carbons (Fsp3) is 0.429. The first-order valence-corrected chi connectivity index (χ1v) is 13.7. The number of rotatable bonds is 5. The van der Waals surface area contributed by atoms with E-state index in [0.717, 1.165) is 12.0 Å². The number of carbonyl (C=O) groups is 2. The van der Waals surface area contributed by atoms with Gasteiger partial charge in [0.2, 0.25) is 0 Å². The molecule has 42 heavy (non-hydrogen) atoms. The van der Waals surface area contributed by atoms with E-state index in [1.165, 1.54) is 22.8 Å². The second-order valence-electron chi connectivity index (χ2n) is 11.8. The first-order valence-electron chi connectivity index (χ1n) is 13.7. The van der Waals surface area contributed by atoms with Gasteiger partial charge in [-0.1, -0.05) is 38.1 Å². The van der Waals surface area contributed by atoms with Gasteiger partial charge in [0.15, 0.2) is 6.04 Å². The predicted octanol–water partition coefficient (Wildman–Crippen LogP) is -3.53. The lowest BCUT2D eigenvalue weighted by molar-refractivity contribution is -0.674. The third-order valence-electron chi connectivity index (χ3n) is 8.82. The summed E-state index contributed by atoms with van der Waals surface area (Å²) in [6, 6.07) is 8.07. The molecule has 11 N–H and O–H groups in total. The number of fused-ring (bicyclic) bond motifs is 1. The average molecular weight is 583 g/mol. The second-order valence-corrected chi connectivity index (χ2v) is 11.8. The maximum absolute atomic E-state index is 14.2. The molecule has 0 radical (unpaired) electrons. The van der Waals surface area contributed by atoms with Crippen LogP contribution in [0.3, 0.4) is 0 Å². The van der Waals surface area contributed by atoms with E-state index in [0.29, 0.717) is 12.4 Å². The highest BCUT2D eigenvalue weighted by molar-refractivity contribution is 5.98. The molecule has 13 nitrogen and oxygen atoms in total. The zero-order chi connectivity index (χ0) is 30.0. The maximum atomic E-state index is 14.2. The Kier molecular flexibility index (Phi) is 6.31. The van der Waals surface area contributed by atoms with E-state index in [9.17, 15) is 24.2 Å². The lowest BCUT2D eigenvalue weighted by Gasteiger charge is -2.41. The number of hydrogen-bond donors (Lipinski definition) is 9. The van der Waals surface area contributed by atoms with E-state index < -0.39 is 47.2 Å². The van der Waals surface area contributed by atoms with Gasteiger partial charge in [-0.25, -0.2) is 14.3 Å². The Hall–Kier alpha value is -4.43. The summed E-state index contributed by atoms with van der Waals surface area (Å²) in [7, 11) is 0. The minimum atomic E-state index is -2.61. The summed E-state index contributed by atoms with van der Waals surface area (Å²) in [6.07, 6.45) is 0.795. The van der Waals surface area contributed by atoms with Gasteiger partial charge in [0, 0.05) is 5.56 Å². The van der Waals surface area contributed by atoms with E-state index in [2.05, 4.69) is 40.1 Å². The molecule has 0 aliphatic carbocycles. The second kappa shape index (κ2) is 9.56. The molecule has 4 aliphatic heterocycles. The molecule has 14 heteroatoms. The lowest BCUT2D eigenvalue weighted by atomic mass is 9.79. The summed E-state index contributed by atoms with van der Waals surface area (Å²) in [5.41, 5.74) is 11.6. The van der Waals surface area contributed by atoms with E-state index in [4.69, 9.17) is 16.2 Å². The standard InChI is InChI=1S/C28H33FN8O5/c1-26(2)10-11-42-20-15(7-5-8-16(20)26)23(39)34-19-13-37-25(31)33-18(12-32-22(38)14-6-3-4-9-17(14)29)21-27(37,28(19,40)41)36-24(30)35-21/h3-9,18-19,21,40-41H,10-13H2,1-2H3,(H7,30,31,32,33,34,35,36,38,39)/p+2/t18-,19?,21-,27-/m0/s1. The summed E-state index contributed by atoms with van der Waals surface area (Å²) in [5, 5.41) is 34.9. The highest BCUT2D eigenvalue weighted by atomic mass is 19.1. The summed E-state index contributed by atoms with van der Waals surface area (Å²) in [5.74, 6) is -3.91. The van der Waals surface area contributed by atoms with Gasteiger partial charge >= 0.3 is 11.9 Å². The SMILES string of the molecule is CC1(C)CCOc2c(C(=O)NC3C[N+]4=C(N)N[C@@H](CNC(=O)c5ccccc5F)[C@@H]5[NH+]=C(N)N[C@@]54C3(O)O)cccc21. The smallest absolute Gasteiger partial charge is 0.347 e. The Morgan fingerprint density at radius 3 is 2.64 bits per heavy atom. The Morgan fingerprint density at radius 2 is 1.88 bits per heavy atom. The van der Waals surface area contributed by atoms with Gasteiger partial charge in [0.1, 0.15) is 23.7 Å². The third-order valence-corrected chi connectivity index (χ3v) is 8.82. The molecule has 4 aliphatic rings. The number of nitrogens with two attached hydrogens (primary N) is 2. The summed E-state index contributed by atoms with van der Waals surface area (Å²) >= 11 is 0. The number of amides is 2. The Bertz CT molecular complexity index is 1540. The van der Waals surface area contributed by atoms with Gasteiger partial charge in [-0.2, -0.15) is 0 Å². The van der Waals surface area contributed by atoms with Crippen LogP contribution in [-0.4, -0.2) is 87.8 Å². The van der Waals surface area contributed by atoms with Crippen molar-refractivity contribution in [3.8, 4) is 5.75 Å². The minimum absolute atomic E-state index is 0.0409. The largest absolute Gasteiger partial charge is 0.492 e. The number of carbonyl (C=O) groups excluding carboxylic acids is 2. The van der Waals surface area contributed by atoms with E-state index >= 15 is 0 Å². The molecule has 1 unspecified atom stereocenters. The van der Waals surface area contributed by atoms with E-state index in [1.54, 1.807) is 18.2 Å². The number of aliphatic hydroxyl groups is 2. The van der Waals surface area contributed by atoms with E-state index in [-0.39, 0.29) is 41.6 Å². The van der Waals surface area contributed by atoms with Gasteiger partial charge in [-0.05, 0) is 30.0 Å². The summed E-state index contributed by atoms with van der Waals surface area (Å²) in [6.45, 7) is 4.44. The number of guanidine groups is 2. The highest BCUT2D eigenvalue weighted by Gasteiger charge is 2.78. The van der Waals surface area contributed by atoms with Crippen molar-refractivity contribution in [3.05, 3.63) is 65.0 Å². The van der Waals surface area contributed by atoms with Crippen LogP contribution in [0.1, 0.15) is 46.5 Å². The van der Waals surface area contributed by atoms with Crippen LogP contribution in [0, 0.1) is 5.82 Å². The molecule has 0 bridgehead atoms. The lowest BCUT2D eigenvalue weighted by Crippen LogP contribution is -2.92. The van der Waals surface area contributed by atoms with Crippen LogP contribution in [0.5, 0.6) is 5.75 Å². The van der Waals surface area contributed by atoms with Gasteiger partial charge < -0.3 is 25.6 Å². The van der Waals surface area contributed by atoms with Crippen LogP contribution in [0.4, 0.5) is 4.39 Å². The minimum Gasteiger partial charge on any atom is -0.492 e. The first kappa shape index (κ1) is 27.7. The Morgan fingerprint density at radius 1 is 1.14 bits per heavy atom. The van der Waals surface area contributed by atoms with Crippen LogP contribution in [-0.2, 0) is 5.41 Å². The van der Waals surface area contributed by atoms with Crippen LogP contribution in [0.2, 0.25) is 0 Å². The number of benzene rings is 2.